The number of hydrogen-bond donors (Lipinski definition) is 1. The fraction of sp³-hybridized carbons (Fsp3) is 0.692. The highest BCUT2D eigenvalue weighted by atomic mass is 32.1. The van der Waals surface area contributed by atoms with Crippen LogP contribution in [0.25, 0.3) is 0 Å². The predicted octanol–water partition coefficient (Wildman–Crippen LogP) is 2.95. The molecule has 0 amide bonds. The number of aromatic nitrogens is 2. The molecule has 0 radical (unpaired) electrons. The Kier molecular flexibility index (Phi) is 4.48. The van der Waals surface area contributed by atoms with E-state index in [1.807, 2.05) is 6.92 Å². The average Bonchev–Trinajstić information content (AvgIpc) is 2.35. The molecule has 0 fully saturated rings. The van der Waals surface area contributed by atoms with Crippen LogP contribution < -0.4 is 0 Å². The van der Waals surface area contributed by atoms with Crippen molar-refractivity contribution in [2.45, 2.75) is 39.9 Å². The first kappa shape index (κ1) is 13.6. The van der Waals surface area contributed by atoms with Gasteiger partial charge in [-0.1, -0.05) is 26.1 Å². The van der Waals surface area contributed by atoms with Gasteiger partial charge in [-0.05, 0) is 12.8 Å². The Labute approximate surface area is 113 Å². The smallest absolute Gasteiger partial charge is 0.137 e. The van der Waals surface area contributed by atoms with E-state index in [2.05, 4.69) is 23.8 Å². The lowest BCUT2D eigenvalue weighted by atomic mass is 10.1. The number of ether oxygens (including phenoxy) is 2. The molecule has 2 rings (SSSR count). The molecular formula is C13H20N2O2S. The van der Waals surface area contributed by atoms with Crippen molar-refractivity contribution in [3.63, 3.8) is 0 Å². The summed E-state index contributed by atoms with van der Waals surface area (Å²) in [6.07, 6.45) is 0.843. The molecule has 1 N–H and O–H groups in total. The van der Waals surface area contributed by atoms with Crippen LogP contribution in [0, 0.1) is 10.6 Å². The molecule has 100 valence electrons. The second-order valence-corrected chi connectivity index (χ2v) is 5.19. The number of rotatable bonds is 4. The van der Waals surface area contributed by atoms with Crippen LogP contribution in [0.4, 0.5) is 0 Å². The molecule has 0 bridgehead atoms. The van der Waals surface area contributed by atoms with Gasteiger partial charge in [0.15, 0.2) is 0 Å². The minimum atomic E-state index is -0.0233. The van der Waals surface area contributed by atoms with Gasteiger partial charge in [-0.25, -0.2) is 4.98 Å². The summed E-state index contributed by atoms with van der Waals surface area (Å²) >= 11 is 5.35. The molecule has 0 saturated heterocycles. The van der Waals surface area contributed by atoms with Gasteiger partial charge in [-0.15, -0.1) is 0 Å². The van der Waals surface area contributed by atoms with Crippen molar-refractivity contribution in [2.75, 3.05) is 13.2 Å². The quantitative estimate of drug-likeness (QED) is 0.853. The number of aromatic amines is 1. The Morgan fingerprint density at radius 1 is 1.50 bits per heavy atom. The summed E-state index contributed by atoms with van der Waals surface area (Å²) in [6.45, 7) is 8.23. The van der Waals surface area contributed by atoms with Gasteiger partial charge in [0.25, 0.3) is 0 Å². The van der Waals surface area contributed by atoms with E-state index >= 15 is 0 Å². The minimum Gasteiger partial charge on any atom is -0.376 e. The van der Waals surface area contributed by atoms with Crippen LogP contribution in [-0.4, -0.2) is 23.2 Å². The third kappa shape index (κ3) is 2.79. The maximum Gasteiger partial charge on any atom is 0.137 e. The third-order valence-electron chi connectivity index (χ3n) is 3.09. The van der Waals surface area contributed by atoms with Crippen molar-refractivity contribution < 1.29 is 9.47 Å². The van der Waals surface area contributed by atoms with E-state index < -0.39 is 0 Å². The zero-order chi connectivity index (χ0) is 13.1. The van der Waals surface area contributed by atoms with Crippen molar-refractivity contribution in [1.29, 1.82) is 0 Å². The van der Waals surface area contributed by atoms with Gasteiger partial charge in [0.05, 0.1) is 13.2 Å². The third-order valence-corrected chi connectivity index (χ3v) is 3.43. The van der Waals surface area contributed by atoms with E-state index in [1.165, 1.54) is 0 Å². The Balaban J connectivity index is 2.39. The van der Waals surface area contributed by atoms with Crippen molar-refractivity contribution in [3.05, 3.63) is 21.7 Å². The molecule has 0 saturated carbocycles. The van der Waals surface area contributed by atoms with Crippen LogP contribution in [0.15, 0.2) is 0 Å². The lowest BCUT2D eigenvalue weighted by Crippen LogP contribution is -2.20. The normalized spacial score (nSPS) is 16.7. The second-order valence-electron chi connectivity index (χ2n) is 4.81. The van der Waals surface area contributed by atoms with E-state index in [0.717, 1.165) is 30.1 Å². The number of hydrogen-bond acceptors (Lipinski definition) is 4. The lowest BCUT2D eigenvalue weighted by molar-refractivity contribution is 0.0224. The molecule has 0 aliphatic carbocycles. The number of nitrogens with one attached hydrogen (secondary N) is 1. The second kappa shape index (κ2) is 5.91. The molecule has 1 aliphatic rings. The number of nitrogens with zero attached hydrogens (tertiary/aromatic N) is 1. The average molecular weight is 268 g/mol. The van der Waals surface area contributed by atoms with Crippen molar-refractivity contribution >= 4 is 12.2 Å². The van der Waals surface area contributed by atoms with Gasteiger partial charge in [-0.2, -0.15) is 0 Å². The van der Waals surface area contributed by atoms with Crippen LogP contribution >= 0.6 is 12.2 Å². The van der Waals surface area contributed by atoms with Gasteiger partial charge in [0, 0.05) is 24.3 Å². The van der Waals surface area contributed by atoms with E-state index in [9.17, 15) is 0 Å². The summed E-state index contributed by atoms with van der Waals surface area (Å²) < 4.78 is 11.8. The first-order chi connectivity index (χ1) is 8.63. The molecule has 1 aliphatic heterocycles. The molecule has 0 spiro atoms. The molecular weight excluding hydrogens is 248 g/mol. The highest BCUT2D eigenvalue weighted by molar-refractivity contribution is 7.71. The highest BCUT2D eigenvalue weighted by Gasteiger charge is 2.21. The fourth-order valence-electron chi connectivity index (χ4n) is 2.18. The first-order valence-corrected chi connectivity index (χ1v) is 6.85. The Morgan fingerprint density at radius 2 is 2.28 bits per heavy atom. The molecule has 2 heterocycles. The predicted molar refractivity (Wildman–Crippen MR) is 72.0 cm³/mol. The molecule has 1 unspecified atom stereocenters. The van der Waals surface area contributed by atoms with E-state index in [1.54, 1.807) is 0 Å². The van der Waals surface area contributed by atoms with Crippen molar-refractivity contribution in [1.82, 2.24) is 9.97 Å². The van der Waals surface area contributed by atoms with Crippen LogP contribution in [0.3, 0.4) is 0 Å². The van der Waals surface area contributed by atoms with E-state index in [4.69, 9.17) is 21.7 Å². The molecule has 1 aromatic rings. The number of fused-ring (bicyclic) bond motifs is 1. The maximum absolute atomic E-state index is 5.76. The van der Waals surface area contributed by atoms with Gasteiger partial charge in [-0.3, -0.25) is 0 Å². The Morgan fingerprint density at radius 3 is 2.94 bits per heavy atom. The molecule has 4 nitrogen and oxygen atoms in total. The van der Waals surface area contributed by atoms with Crippen LogP contribution in [0.1, 0.15) is 44.0 Å². The standard InChI is InChI=1S/C13H20N2O2S/c1-4-17-11(8(2)3)12-14-10-5-6-16-7-9(10)13(18)15-12/h8,11H,4-7H2,1-3H3,(H,14,15,18). The van der Waals surface area contributed by atoms with Crippen molar-refractivity contribution in [2.24, 2.45) is 5.92 Å². The fourth-order valence-corrected chi connectivity index (χ4v) is 2.46. The highest BCUT2D eigenvalue weighted by Crippen LogP contribution is 2.25. The topological polar surface area (TPSA) is 47.1 Å². The monoisotopic (exact) mass is 268 g/mol. The van der Waals surface area contributed by atoms with Crippen molar-refractivity contribution in [3.8, 4) is 0 Å². The van der Waals surface area contributed by atoms with E-state index in [-0.39, 0.29) is 6.10 Å². The molecule has 0 aromatic carbocycles. The SMILES string of the molecule is CCOC(c1nc(=S)c2c([nH]1)CCOC2)C(C)C. The lowest BCUT2D eigenvalue weighted by Gasteiger charge is -2.23. The van der Waals surface area contributed by atoms with Crippen LogP contribution in [-0.2, 0) is 22.5 Å². The summed E-state index contributed by atoms with van der Waals surface area (Å²) in [5, 5.41) is 0. The van der Waals surface area contributed by atoms with Gasteiger partial charge < -0.3 is 14.5 Å². The molecule has 1 atom stereocenters. The van der Waals surface area contributed by atoms with E-state index in [0.29, 0.717) is 23.8 Å². The maximum atomic E-state index is 5.76. The van der Waals surface area contributed by atoms with Gasteiger partial charge in [0.1, 0.15) is 16.6 Å². The number of H-pyrrole nitrogens is 1. The van der Waals surface area contributed by atoms with Crippen LogP contribution in [0.2, 0.25) is 0 Å². The first-order valence-electron chi connectivity index (χ1n) is 6.44. The largest absolute Gasteiger partial charge is 0.376 e. The summed E-state index contributed by atoms with van der Waals surface area (Å²) in [6, 6.07) is 0. The summed E-state index contributed by atoms with van der Waals surface area (Å²) in [5.41, 5.74) is 2.18. The van der Waals surface area contributed by atoms with Gasteiger partial charge in [0.2, 0.25) is 0 Å². The molecule has 5 heteroatoms. The molecule has 18 heavy (non-hydrogen) atoms. The van der Waals surface area contributed by atoms with Crippen LogP contribution in [0.5, 0.6) is 0 Å². The molecule has 1 aromatic heterocycles. The Bertz CT molecular complexity index is 471. The van der Waals surface area contributed by atoms with Gasteiger partial charge >= 0.3 is 0 Å². The zero-order valence-corrected chi connectivity index (χ0v) is 12.0. The summed E-state index contributed by atoms with van der Waals surface area (Å²) in [4.78, 5) is 7.87. The zero-order valence-electron chi connectivity index (χ0n) is 11.2. The summed E-state index contributed by atoms with van der Waals surface area (Å²) in [5.74, 6) is 1.21. The Hall–Kier alpha value is -0.780. The minimum absolute atomic E-state index is 0.0233. The summed E-state index contributed by atoms with van der Waals surface area (Å²) in [7, 11) is 0.